The number of aryl methyl sites for hydroxylation is 2. The van der Waals surface area contributed by atoms with E-state index in [4.69, 9.17) is 13.7 Å². The quantitative estimate of drug-likeness (QED) is 0.518. The molecule has 0 saturated carbocycles. The highest BCUT2D eigenvalue weighted by Crippen LogP contribution is 2.21. The van der Waals surface area contributed by atoms with Crippen LogP contribution >= 0.6 is 0 Å². The van der Waals surface area contributed by atoms with Gasteiger partial charge in [-0.25, -0.2) is 18.5 Å². The zero-order chi connectivity index (χ0) is 22.5. The Labute approximate surface area is 182 Å². The molecule has 0 aliphatic heterocycles. The van der Waals surface area contributed by atoms with Crippen molar-refractivity contribution in [3.63, 3.8) is 0 Å². The average molecular weight is 442 g/mol. The number of aromatic nitrogens is 2. The summed E-state index contributed by atoms with van der Waals surface area (Å²) in [6, 6.07) is 12.2. The van der Waals surface area contributed by atoms with E-state index in [9.17, 15) is 13.8 Å². The molecule has 1 unspecified atom stereocenters. The van der Waals surface area contributed by atoms with Gasteiger partial charge in [-0.05, 0) is 43.2 Å². The molecule has 3 rings (SSSR count). The normalized spacial score (nSPS) is 11.7. The molecule has 0 N–H and O–H groups in total. The Balaban J connectivity index is 1.90. The van der Waals surface area contributed by atoms with E-state index in [0.717, 1.165) is 16.8 Å². The summed E-state index contributed by atoms with van der Waals surface area (Å²) in [5, 5.41) is 4.35. The van der Waals surface area contributed by atoms with Gasteiger partial charge in [0.2, 0.25) is 0 Å². The van der Waals surface area contributed by atoms with Crippen LogP contribution in [0.1, 0.15) is 37.5 Å². The maximum Gasteiger partial charge on any atom is 0.358 e. The number of methoxy groups -OCH3 is 2. The van der Waals surface area contributed by atoms with E-state index < -0.39 is 23.0 Å². The molecule has 1 atom stereocenters. The number of nitrogens with zero attached hydrogens (tertiary/aromatic N) is 2. The Morgan fingerprint density at radius 2 is 1.74 bits per heavy atom. The van der Waals surface area contributed by atoms with Gasteiger partial charge in [-0.15, -0.1) is 0 Å². The predicted molar refractivity (Wildman–Crippen MR) is 113 cm³/mol. The molecule has 162 valence electrons. The maximum atomic E-state index is 12.7. The van der Waals surface area contributed by atoms with Gasteiger partial charge in [0.25, 0.3) is 0 Å². The standard InChI is InChI=1S/C22H22N2O6S/c1-14-9-10-15(2)18(11-14)24-12-16(20(23-24)22(26)29-4)13-30-31(27)19-8-6-5-7-17(19)21(25)28-3/h5-12H,13H2,1-4H3. The molecule has 0 amide bonds. The fourth-order valence-electron chi connectivity index (χ4n) is 2.94. The third-order valence-electron chi connectivity index (χ3n) is 4.57. The van der Waals surface area contributed by atoms with Crippen molar-refractivity contribution in [3.8, 4) is 5.69 Å². The number of hydrogen-bond acceptors (Lipinski definition) is 7. The minimum absolute atomic E-state index is 0.0571. The Morgan fingerprint density at radius 1 is 1.03 bits per heavy atom. The fraction of sp³-hybridized carbons (Fsp3) is 0.227. The van der Waals surface area contributed by atoms with Gasteiger partial charge < -0.3 is 9.47 Å². The minimum Gasteiger partial charge on any atom is -0.465 e. The zero-order valence-corrected chi connectivity index (χ0v) is 18.4. The van der Waals surface area contributed by atoms with E-state index in [1.807, 2.05) is 32.0 Å². The first-order chi connectivity index (χ1) is 14.8. The molecule has 0 bridgehead atoms. The molecular formula is C22H22N2O6S. The molecule has 0 saturated heterocycles. The van der Waals surface area contributed by atoms with E-state index >= 15 is 0 Å². The highest BCUT2D eigenvalue weighted by molar-refractivity contribution is 7.80. The van der Waals surface area contributed by atoms with Gasteiger partial charge in [0.1, 0.15) is 0 Å². The first-order valence-electron chi connectivity index (χ1n) is 9.32. The molecule has 0 radical (unpaired) electrons. The third kappa shape index (κ3) is 4.89. The number of esters is 2. The second kappa shape index (κ2) is 9.67. The number of carbonyl (C=O) groups is 2. The molecule has 2 aromatic carbocycles. The van der Waals surface area contributed by atoms with Gasteiger partial charge in [0.15, 0.2) is 16.8 Å². The Bertz CT molecular complexity index is 1150. The lowest BCUT2D eigenvalue weighted by molar-refractivity contribution is 0.0585. The summed E-state index contributed by atoms with van der Waals surface area (Å²) < 4.78 is 29.3. The Kier molecular flexibility index (Phi) is 6.98. The van der Waals surface area contributed by atoms with Crippen LogP contribution in [0.4, 0.5) is 0 Å². The molecule has 9 heteroatoms. The van der Waals surface area contributed by atoms with E-state index in [2.05, 4.69) is 5.10 Å². The largest absolute Gasteiger partial charge is 0.465 e. The number of carbonyl (C=O) groups excluding carboxylic acids is 2. The van der Waals surface area contributed by atoms with Crippen LogP contribution in [-0.2, 0) is 31.3 Å². The molecular weight excluding hydrogens is 420 g/mol. The summed E-state index contributed by atoms with van der Waals surface area (Å²) in [7, 11) is 2.50. The first kappa shape index (κ1) is 22.4. The number of ether oxygens (including phenoxy) is 2. The van der Waals surface area contributed by atoms with Crippen molar-refractivity contribution in [1.29, 1.82) is 0 Å². The van der Waals surface area contributed by atoms with Crippen molar-refractivity contribution in [2.45, 2.75) is 25.3 Å². The Hall–Kier alpha value is -3.30. The summed E-state index contributed by atoms with van der Waals surface area (Å²) in [4.78, 5) is 24.3. The lowest BCUT2D eigenvalue weighted by atomic mass is 10.1. The third-order valence-corrected chi connectivity index (χ3v) is 5.62. The van der Waals surface area contributed by atoms with Crippen LogP contribution in [0.3, 0.4) is 0 Å². The number of rotatable bonds is 7. The van der Waals surface area contributed by atoms with E-state index in [1.54, 1.807) is 23.0 Å². The van der Waals surface area contributed by atoms with Crippen LogP contribution in [0.2, 0.25) is 0 Å². The summed E-state index contributed by atoms with van der Waals surface area (Å²) in [6.07, 6.45) is 1.64. The van der Waals surface area contributed by atoms with E-state index in [0.29, 0.717) is 5.56 Å². The van der Waals surface area contributed by atoms with E-state index in [1.165, 1.54) is 26.4 Å². The second-order valence-corrected chi connectivity index (χ2v) is 7.86. The number of hydrogen-bond donors (Lipinski definition) is 0. The molecule has 8 nitrogen and oxygen atoms in total. The molecule has 1 aromatic heterocycles. The average Bonchev–Trinajstić information content (AvgIpc) is 3.22. The topological polar surface area (TPSA) is 96.7 Å². The molecule has 3 aromatic rings. The van der Waals surface area contributed by atoms with Crippen molar-refractivity contribution < 1.29 is 27.5 Å². The molecule has 0 aliphatic rings. The molecule has 0 aliphatic carbocycles. The summed E-state index contributed by atoms with van der Waals surface area (Å²) in [5.74, 6) is -1.26. The second-order valence-electron chi connectivity index (χ2n) is 6.71. The smallest absolute Gasteiger partial charge is 0.358 e. The van der Waals surface area contributed by atoms with Gasteiger partial charge >= 0.3 is 11.9 Å². The van der Waals surface area contributed by atoms with Crippen molar-refractivity contribution >= 4 is 23.0 Å². The molecule has 31 heavy (non-hydrogen) atoms. The van der Waals surface area contributed by atoms with Crippen LogP contribution in [0.5, 0.6) is 0 Å². The summed E-state index contributed by atoms with van der Waals surface area (Å²) >= 11 is -1.97. The molecule has 0 spiro atoms. The molecule has 1 heterocycles. The van der Waals surface area contributed by atoms with Gasteiger partial charge in [0, 0.05) is 11.8 Å². The minimum atomic E-state index is -1.97. The Morgan fingerprint density at radius 3 is 2.45 bits per heavy atom. The van der Waals surface area contributed by atoms with Gasteiger partial charge in [-0.2, -0.15) is 5.10 Å². The molecule has 0 fully saturated rings. The highest BCUT2D eigenvalue weighted by atomic mass is 32.2. The van der Waals surface area contributed by atoms with Crippen LogP contribution in [0, 0.1) is 13.8 Å². The lowest BCUT2D eigenvalue weighted by Crippen LogP contribution is -2.10. The van der Waals surface area contributed by atoms with Gasteiger partial charge in [0.05, 0.1) is 37.0 Å². The van der Waals surface area contributed by atoms with Crippen molar-refractivity contribution in [3.05, 3.63) is 76.6 Å². The summed E-state index contributed by atoms with van der Waals surface area (Å²) in [5.41, 5.74) is 3.40. The number of benzene rings is 2. The van der Waals surface area contributed by atoms with Gasteiger partial charge in [-0.1, -0.05) is 24.3 Å². The van der Waals surface area contributed by atoms with Crippen LogP contribution < -0.4 is 0 Å². The van der Waals surface area contributed by atoms with Crippen LogP contribution in [-0.4, -0.2) is 40.1 Å². The predicted octanol–water partition coefficient (Wildman–Crippen LogP) is 3.30. The van der Waals surface area contributed by atoms with Crippen LogP contribution in [0.15, 0.2) is 53.6 Å². The van der Waals surface area contributed by atoms with E-state index in [-0.39, 0.29) is 22.8 Å². The zero-order valence-electron chi connectivity index (χ0n) is 17.6. The van der Waals surface area contributed by atoms with Gasteiger partial charge in [-0.3, -0.25) is 4.18 Å². The maximum absolute atomic E-state index is 12.7. The monoisotopic (exact) mass is 442 g/mol. The fourth-order valence-corrected chi connectivity index (χ4v) is 3.83. The van der Waals surface area contributed by atoms with Crippen molar-refractivity contribution in [2.24, 2.45) is 0 Å². The van der Waals surface area contributed by atoms with Crippen molar-refractivity contribution in [2.75, 3.05) is 14.2 Å². The van der Waals surface area contributed by atoms with Crippen molar-refractivity contribution in [1.82, 2.24) is 9.78 Å². The first-order valence-corrected chi connectivity index (χ1v) is 10.4. The SMILES string of the molecule is COC(=O)c1ccccc1S(=O)OCc1cn(-c2cc(C)ccc2C)nc1C(=O)OC. The summed E-state index contributed by atoms with van der Waals surface area (Å²) in [6.45, 7) is 3.71. The highest BCUT2D eigenvalue weighted by Gasteiger charge is 2.22. The van der Waals surface area contributed by atoms with Crippen LogP contribution in [0.25, 0.3) is 5.69 Å². The lowest BCUT2D eigenvalue weighted by Gasteiger charge is -2.08.